The SMILES string of the molecule is CCCC/C=C\CCCCCCCC(=O)OC(COC(=O)CCCCCCCCCCCCCCC)COC(OCC[N+](C)(C)C)C(=O)O. The van der Waals surface area contributed by atoms with Gasteiger partial charge < -0.3 is 28.5 Å². The smallest absolute Gasteiger partial charge is 0.361 e. The Morgan fingerprint density at radius 3 is 1.57 bits per heavy atom. The summed E-state index contributed by atoms with van der Waals surface area (Å²) in [5, 5.41) is 9.58. The number of allylic oxidation sites excluding steroid dienone is 2. The Hall–Kier alpha value is -1.97. The first kappa shape index (κ1) is 47.0. The van der Waals surface area contributed by atoms with Crippen LogP contribution >= 0.6 is 0 Å². The second-order valence-electron chi connectivity index (χ2n) is 14.6. The monoisotopic (exact) mass is 699 g/mol. The van der Waals surface area contributed by atoms with Crippen molar-refractivity contribution in [3.8, 4) is 0 Å². The molecule has 9 heteroatoms. The maximum atomic E-state index is 12.7. The molecular formula is C40H76NO8+. The van der Waals surface area contributed by atoms with E-state index in [1.807, 2.05) is 21.1 Å². The van der Waals surface area contributed by atoms with Crippen molar-refractivity contribution < 1.29 is 42.9 Å². The fourth-order valence-electron chi connectivity index (χ4n) is 5.34. The van der Waals surface area contributed by atoms with E-state index in [9.17, 15) is 19.5 Å². The van der Waals surface area contributed by atoms with Gasteiger partial charge >= 0.3 is 17.9 Å². The normalized spacial score (nSPS) is 13.1. The minimum atomic E-state index is -1.50. The van der Waals surface area contributed by atoms with Gasteiger partial charge in [0.25, 0.3) is 6.29 Å². The van der Waals surface area contributed by atoms with Gasteiger partial charge in [0, 0.05) is 12.8 Å². The third-order valence-corrected chi connectivity index (χ3v) is 8.52. The summed E-state index contributed by atoms with van der Waals surface area (Å²) in [4.78, 5) is 36.9. The number of carboxylic acids is 1. The molecule has 0 rings (SSSR count). The lowest BCUT2D eigenvalue weighted by atomic mass is 10.0. The van der Waals surface area contributed by atoms with Crippen LogP contribution in [0.4, 0.5) is 0 Å². The fourth-order valence-corrected chi connectivity index (χ4v) is 5.34. The number of quaternary nitrogens is 1. The molecule has 0 aliphatic carbocycles. The number of rotatable bonds is 36. The van der Waals surface area contributed by atoms with E-state index in [0.717, 1.165) is 57.8 Å². The highest BCUT2D eigenvalue weighted by Gasteiger charge is 2.25. The molecule has 2 unspecified atom stereocenters. The van der Waals surface area contributed by atoms with E-state index in [0.29, 0.717) is 23.9 Å². The lowest BCUT2D eigenvalue weighted by molar-refractivity contribution is -0.870. The largest absolute Gasteiger partial charge is 0.477 e. The highest BCUT2D eigenvalue weighted by Crippen LogP contribution is 2.14. The number of hydrogen-bond acceptors (Lipinski definition) is 7. The summed E-state index contributed by atoms with van der Waals surface area (Å²) in [7, 11) is 5.94. The van der Waals surface area contributed by atoms with Gasteiger partial charge in [-0.05, 0) is 32.1 Å². The van der Waals surface area contributed by atoms with E-state index < -0.39 is 24.3 Å². The molecule has 0 bridgehead atoms. The van der Waals surface area contributed by atoms with Crippen molar-refractivity contribution in [2.75, 3.05) is 47.5 Å². The molecular weight excluding hydrogens is 622 g/mol. The van der Waals surface area contributed by atoms with Gasteiger partial charge in [0.2, 0.25) is 0 Å². The number of unbranched alkanes of at least 4 members (excludes halogenated alkanes) is 19. The van der Waals surface area contributed by atoms with E-state index in [-0.39, 0.29) is 32.2 Å². The first-order valence-electron chi connectivity index (χ1n) is 19.9. The zero-order valence-corrected chi connectivity index (χ0v) is 32.4. The van der Waals surface area contributed by atoms with Crippen LogP contribution in [0.25, 0.3) is 0 Å². The van der Waals surface area contributed by atoms with Gasteiger partial charge in [0.1, 0.15) is 13.2 Å². The molecule has 288 valence electrons. The van der Waals surface area contributed by atoms with Crippen LogP contribution in [0.5, 0.6) is 0 Å². The second-order valence-corrected chi connectivity index (χ2v) is 14.6. The van der Waals surface area contributed by atoms with Gasteiger partial charge in [-0.15, -0.1) is 0 Å². The Kier molecular flexibility index (Phi) is 31.9. The van der Waals surface area contributed by atoms with Crippen LogP contribution in [0, 0.1) is 0 Å². The summed E-state index contributed by atoms with van der Waals surface area (Å²) in [6, 6.07) is 0. The van der Waals surface area contributed by atoms with E-state index in [1.54, 1.807) is 0 Å². The van der Waals surface area contributed by atoms with E-state index in [4.69, 9.17) is 18.9 Å². The number of likely N-dealkylation sites (N-methyl/N-ethyl adjacent to an activating group) is 1. The minimum absolute atomic E-state index is 0.181. The number of carbonyl (C=O) groups is 3. The minimum Gasteiger partial charge on any atom is -0.477 e. The average Bonchev–Trinajstić information content (AvgIpc) is 3.05. The molecule has 49 heavy (non-hydrogen) atoms. The molecule has 0 aliphatic heterocycles. The number of carboxylic acid groups (broad SMARTS) is 1. The summed E-state index contributed by atoms with van der Waals surface area (Å²) in [5.74, 6) is -2.02. The highest BCUT2D eigenvalue weighted by molar-refractivity contribution is 5.71. The Bertz CT molecular complexity index is 826. The molecule has 0 aliphatic rings. The van der Waals surface area contributed by atoms with E-state index in [1.165, 1.54) is 77.0 Å². The number of hydrogen-bond donors (Lipinski definition) is 1. The molecule has 0 amide bonds. The average molecular weight is 699 g/mol. The van der Waals surface area contributed by atoms with Crippen molar-refractivity contribution in [1.29, 1.82) is 0 Å². The summed E-state index contributed by atoms with van der Waals surface area (Å²) in [6.45, 7) is 4.81. The number of ether oxygens (including phenoxy) is 4. The lowest BCUT2D eigenvalue weighted by Crippen LogP contribution is -2.40. The van der Waals surface area contributed by atoms with Gasteiger partial charge in [-0.3, -0.25) is 9.59 Å². The van der Waals surface area contributed by atoms with Crippen molar-refractivity contribution in [2.45, 2.75) is 180 Å². The molecule has 0 heterocycles. The quantitative estimate of drug-likeness (QED) is 0.0227. The summed E-state index contributed by atoms with van der Waals surface area (Å²) >= 11 is 0. The van der Waals surface area contributed by atoms with Gasteiger partial charge in [-0.25, -0.2) is 4.79 Å². The third kappa shape index (κ3) is 34.3. The maximum Gasteiger partial charge on any atom is 0.361 e. The second kappa shape index (κ2) is 33.2. The van der Waals surface area contributed by atoms with E-state index >= 15 is 0 Å². The molecule has 0 aromatic carbocycles. The third-order valence-electron chi connectivity index (χ3n) is 8.52. The van der Waals surface area contributed by atoms with Gasteiger partial charge in [0.15, 0.2) is 6.10 Å². The van der Waals surface area contributed by atoms with Crippen molar-refractivity contribution in [1.82, 2.24) is 0 Å². The highest BCUT2D eigenvalue weighted by atomic mass is 16.7. The van der Waals surface area contributed by atoms with Crippen molar-refractivity contribution in [3.63, 3.8) is 0 Å². The molecule has 2 atom stereocenters. The molecule has 9 nitrogen and oxygen atoms in total. The molecule has 0 radical (unpaired) electrons. The summed E-state index contributed by atoms with van der Waals surface area (Å²) < 4.78 is 22.6. The van der Waals surface area contributed by atoms with Crippen molar-refractivity contribution in [2.24, 2.45) is 0 Å². The van der Waals surface area contributed by atoms with Crippen LogP contribution in [0.15, 0.2) is 12.2 Å². The maximum absolute atomic E-state index is 12.7. The van der Waals surface area contributed by atoms with E-state index in [2.05, 4.69) is 26.0 Å². The number of aliphatic carboxylic acids is 1. The number of esters is 2. The Balaban J connectivity index is 4.51. The van der Waals surface area contributed by atoms with Crippen molar-refractivity contribution in [3.05, 3.63) is 12.2 Å². The molecule has 1 N–H and O–H groups in total. The van der Waals surface area contributed by atoms with Crippen LogP contribution in [0.3, 0.4) is 0 Å². The summed E-state index contributed by atoms with van der Waals surface area (Å²) in [5.41, 5.74) is 0. The Morgan fingerprint density at radius 1 is 0.592 bits per heavy atom. The van der Waals surface area contributed by atoms with Crippen molar-refractivity contribution >= 4 is 17.9 Å². The van der Waals surface area contributed by atoms with Gasteiger partial charge in [-0.1, -0.05) is 135 Å². The Morgan fingerprint density at radius 2 is 1.06 bits per heavy atom. The number of carbonyl (C=O) groups excluding carboxylic acids is 2. The predicted octanol–water partition coefficient (Wildman–Crippen LogP) is 9.55. The molecule has 0 aromatic heterocycles. The standard InChI is InChI=1S/C40H75NO8/c1-6-8-10-12-14-16-18-19-21-22-24-26-28-30-37(42)47-34-36(35-48-40(39(44)45)46-33-32-41(3,4)5)49-38(43)31-29-27-25-23-20-17-15-13-11-9-7-2/h13,15,36,40H,6-12,14,16-35H2,1-5H3/p+1/b15-13-. The lowest BCUT2D eigenvalue weighted by Gasteiger charge is -2.25. The first-order chi connectivity index (χ1) is 23.6. The zero-order chi connectivity index (χ0) is 36.4. The first-order valence-corrected chi connectivity index (χ1v) is 19.9. The van der Waals surface area contributed by atoms with Crippen LogP contribution in [0.2, 0.25) is 0 Å². The van der Waals surface area contributed by atoms with Crippen LogP contribution in [0.1, 0.15) is 168 Å². The van der Waals surface area contributed by atoms with Gasteiger partial charge in [-0.2, -0.15) is 0 Å². The van der Waals surface area contributed by atoms with Gasteiger partial charge in [0.05, 0.1) is 34.4 Å². The predicted molar refractivity (Wildman–Crippen MR) is 198 cm³/mol. The molecule has 0 spiro atoms. The zero-order valence-electron chi connectivity index (χ0n) is 32.4. The molecule has 0 fully saturated rings. The molecule has 0 saturated heterocycles. The fraction of sp³-hybridized carbons (Fsp3) is 0.875. The molecule has 0 saturated carbocycles. The molecule has 0 aromatic rings. The Labute approximate surface area is 300 Å². The van der Waals surface area contributed by atoms with Crippen LogP contribution < -0.4 is 0 Å². The number of nitrogens with zero attached hydrogens (tertiary/aromatic N) is 1. The van der Waals surface area contributed by atoms with Crippen LogP contribution in [-0.4, -0.2) is 87.4 Å². The van der Waals surface area contributed by atoms with Crippen LogP contribution in [-0.2, 0) is 33.3 Å². The topological polar surface area (TPSA) is 108 Å². The summed E-state index contributed by atoms with van der Waals surface area (Å²) in [6.07, 6.45) is 28.4.